The Morgan fingerprint density at radius 1 is 0.740 bits per heavy atom. The number of nitrogens with zero attached hydrogens (tertiary/aromatic N) is 2. The van der Waals surface area contributed by atoms with Crippen molar-refractivity contribution in [3.63, 3.8) is 0 Å². The Morgan fingerprint density at radius 3 is 2.02 bits per heavy atom. The molecule has 0 aromatic rings. The number of likely N-dealkylation sites (N-methyl/N-ethyl adjacent to an activating group) is 1. The van der Waals surface area contributed by atoms with Crippen LogP contribution in [0, 0.1) is 5.92 Å². The molecule has 14 nitrogen and oxygen atoms in total. The van der Waals surface area contributed by atoms with Crippen molar-refractivity contribution in [1.82, 2.24) is 36.4 Å². The summed E-state index contributed by atoms with van der Waals surface area (Å²) >= 11 is 0. The van der Waals surface area contributed by atoms with Crippen LogP contribution in [0.25, 0.3) is 0 Å². The highest BCUT2D eigenvalue weighted by Crippen LogP contribution is 2.27. The van der Waals surface area contributed by atoms with Crippen LogP contribution in [0.1, 0.15) is 111 Å². The van der Waals surface area contributed by atoms with Gasteiger partial charge in [-0.15, -0.1) is 0 Å². The predicted molar refractivity (Wildman–Crippen MR) is 197 cm³/mol. The van der Waals surface area contributed by atoms with Crippen LogP contribution in [0.15, 0.2) is 0 Å². The summed E-state index contributed by atoms with van der Waals surface area (Å²) < 4.78 is 0. The highest BCUT2D eigenvalue weighted by Gasteiger charge is 2.39. The van der Waals surface area contributed by atoms with Crippen LogP contribution in [-0.4, -0.2) is 122 Å². The molecule has 14 heteroatoms. The molecule has 50 heavy (non-hydrogen) atoms. The fraction of sp³-hybridized carbons (Fsp3) is 0.861. The summed E-state index contributed by atoms with van der Waals surface area (Å²) in [6.45, 7) is 10.1. The lowest BCUT2D eigenvalue weighted by atomic mass is 9.83. The van der Waals surface area contributed by atoms with Crippen molar-refractivity contribution in [2.45, 2.75) is 147 Å². The van der Waals surface area contributed by atoms with E-state index in [2.05, 4.69) is 45.3 Å². The first kappa shape index (κ1) is 43.4. The van der Waals surface area contributed by atoms with Gasteiger partial charge in [0.25, 0.3) is 0 Å². The number of carbonyl (C=O) groups excluding carboxylic acids is 5. The van der Waals surface area contributed by atoms with Crippen molar-refractivity contribution in [3.8, 4) is 0 Å². The van der Waals surface area contributed by atoms with E-state index in [0.717, 1.165) is 57.8 Å². The summed E-state index contributed by atoms with van der Waals surface area (Å²) in [5, 5.41) is 14.9. The Balaban J connectivity index is 2.61. The van der Waals surface area contributed by atoms with Crippen molar-refractivity contribution < 1.29 is 24.0 Å². The molecule has 1 heterocycles. The van der Waals surface area contributed by atoms with Crippen LogP contribution in [0.2, 0.25) is 0 Å². The lowest BCUT2D eigenvalue weighted by Crippen LogP contribution is -2.63. The van der Waals surface area contributed by atoms with Crippen molar-refractivity contribution in [1.29, 1.82) is 0 Å². The van der Waals surface area contributed by atoms with Crippen molar-refractivity contribution >= 4 is 29.5 Å². The van der Waals surface area contributed by atoms with E-state index in [1.165, 1.54) is 0 Å². The van der Waals surface area contributed by atoms with Gasteiger partial charge in [-0.3, -0.25) is 28.9 Å². The highest BCUT2D eigenvalue weighted by molar-refractivity contribution is 5.96. The van der Waals surface area contributed by atoms with Crippen molar-refractivity contribution in [2.24, 2.45) is 17.4 Å². The van der Waals surface area contributed by atoms with Crippen LogP contribution in [0.4, 0.5) is 0 Å². The highest BCUT2D eigenvalue weighted by atomic mass is 16.2. The molecule has 1 aliphatic heterocycles. The summed E-state index contributed by atoms with van der Waals surface area (Å²) in [6.07, 6.45) is 10.4. The zero-order chi connectivity index (χ0) is 37.1. The zero-order valence-electron chi connectivity index (χ0n) is 31.6. The van der Waals surface area contributed by atoms with Gasteiger partial charge in [0.1, 0.15) is 24.2 Å². The third kappa shape index (κ3) is 13.7. The average molecular weight is 708 g/mol. The summed E-state index contributed by atoms with van der Waals surface area (Å²) in [5.41, 5.74) is 11.7. The maximum absolute atomic E-state index is 14.5. The fourth-order valence-electron chi connectivity index (χ4n) is 7.06. The predicted octanol–water partition coefficient (Wildman–Crippen LogP) is 0.725. The second-order valence-corrected chi connectivity index (χ2v) is 14.3. The number of hydrogen-bond acceptors (Lipinski definition) is 9. The summed E-state index contributed by atoms with van der Waals surface area (Å²) in [4.78, 5) is 73.7. The van der Waals surface area contributed by atoms with Gasteiger partial charge in [0.05, 0.1) is 6.04 Å². The Kier molecular flexibility index (Phi) is 20.5. The van der Waals surface area contributed by atoms with Gasteiger partial charge >= 0.3 is 0 Å². The number of rotatable bonds is 15. The Hall–Kier alpha value is -2.81. The molecule has 2 fully saturated rings. The molecule has 2 rings (SSSR count). The molecular weight excluding hydrogens is 638 g/mol. The third-order valence-corrected chi connectivity index (χ3v) is 10.0. The fourth-order valence-corrected chi connectivity index (χ4v) is 7.06. The van der Waals surface area contributed by atoms with E-state index in [1.807, 2.05) is 13.8 Å². The van der Waals surface area contributed by atoms with E-state index in [4.69, 9.17) is 11.5 Å². The molecule has 5 amide bonds. The van der Waals surface area contributed by atoms with Gasteiger partial charge in [-0.1, -0.05) is 65.7 Å². The Morgan fingerprint density at radius 2 is 1.40 bits per heavy atom. The minimum Gasteiger partial charge on any atom is -0.351 e. The number of amides is 5. The van der Waals surface area contributed by atoms with Gasteiger partial charge in [-0.05, 0) is 71.0 Å². The topological polar surface area (TPSA) is 204 Å². The van der Waals surface area contributed by atoms with E-state index in [9.17, 15) is 24.0 Å². The monoisotopic (exact) mass is 708 g/mol. The molecule has 0 bridgehead atoms. The normalized spacial score (nSPS) is 27.6. The number of hydrogen-bond donors (Lipinski definition) is 7. The summed E-state index contributed by atoms with van der Waals surface area (Å²) in [5.74, 6) is -2.10. The maximum Gasteiger partial charge on any atom is 0.244 e. The lowest BCUT2D eigenvalue weighted by Gasteiger charge is -2.38. The first-order chi connectivity index (χ1) is 24.0. The molecule has 0 unspecified atom stereocenters. The van der Waals surface area contributed by atoms with Crippen LogP contribution < -0.4 is 38.1 Å². The summed E-state index contributed by atoms with van der Waals surface area (Å²) in [7, 11) is 1.69. The quantitative estimate of drug-likeness (QED) is 0.120. The van der Waals surface area contributed by atoms with Gasteiger partial charge in [-0.2, -0.15) is 0 Å². The standard InChI is InChI=1S/C36H69N9O5/c1-6-9-18-30-36(50)44(5)29(15-8-3)34(48)43-31(26-16-12-11-13-17-26)35(49)41-27(22-38)32(46)42-28(23-39-20-14-19-37)33(47)40-25(4)24-45(30)21-10-7-2/h25-31,39H,6-24,37-38H2,1-5H3,(H,40,47)(H,41,49)(H,42,46)(H,43,48)/t25-,27+,28+,29+,30+,31+/m1/s1. The van der Waals surface area contributed by atoms with E-state index < -0.39 is 42.0 Å². The van der Waals surface area contributed by atoms with Crippen LogP contribution >= 0.6 is 0 Å². The van der Waals surface area contributed by atoms with E-state index in [-0.39, 0.29) is 42.8 Å². The smallest absolute Gasteiger partial charge is 0.244 e. The first-order valence-electron chi connectivity index (χ1n) is 19.4. The Bertz CT molecular complexity index is 1060. The molecule has 0 aromatic heterocycles. The van der Waals surface area contributed by atoms with E-state index in [1.54, 1.807) is 11.9 Å². The average Bonchev–Trinajstić information content (AvgIpc) is 3.11. The van der Waals surface area contributed by atoms with Crippen molar-refractivity contribution in [3.05, 3.63) is 0 Å². The van der Waals surface area contributed by atoms with Gasteiger partial charge in [0.2, 0.25) is 29.5 Å². The zero-order valence-corrected chi connectivity index (χ0v) is 31.6. The van der Waals surface area contributed by atoms with Gasteiger partial charge < -0.3 is 43.0 Å². The molecule has 6 atom stereocenters. The lowest BCUT2D eigenvalue weighted by molar-refractivity contribution is -0.145. The molecule has 1 saturated heterocycles. The third-order valence-electron chi connectivity index (χ3n) is 10.0. The number of nitrogens with one attached hydrogen (secondary N) is 5. The molecule has 0 radical (unpaired) electrons. The van der Waals surface area contributed by atoms with Crippen LogP contribution in [-0.2, 0) is 24.0 Å². The molecule has 288 valence electrons. The molecule has 1 saturated carbocycles. The number of carbonyl (C=O) groups is 5. The minimum atomic E-state index is -1.12. The van der Waals surface area contributed by atoms with Gasteiger partial charge in [0, 0.05) is 32.7 Å². The van der Waals surface area contributed by atoms with Crippen LogP contribution in [0.3, 0.4) is 0 Å². The molecule has 0 spiro atoms. The van der Waals surface area contributed by atoms with E-state index >= 15 is 0 Å². The first-order valence-corrected chi connectivity index (χ1v) is 19.4. The molecule has 1 aliphatic carbocycles. The number of nitrogens with two attached hydrogens (primary N) is 2. The van der Waals surface area contributed by atoms with Crippen molar-refractivity contribution in [2.75, 3.05) is 46.3 Å². The molecule has 0 aromatic carbocycles. The number of unbranched alkanes of at least 4 members (excludes halogenated alkanes) is 2. The van der Waals surface area contributed by atoms with Crippen LogP contribution in [0.5, 0.6) is 0 Å². The SMILES string of the molecule is CCCC[C@H]1C(=O)N(C)[C@@H](CCC)C(=O)N[C@@H](C2CCCCC2)C(=O)N[C@@H](CN)C(=O)N[C@@H](CNCCCN)C(=O)N[C@H](C)CN1CCCC. The second-order valence-electron chi connectivity index (χ2n) is 14.3. The van der Waals surface area contributed by atoms with Gasteiger partial charge in [-0.25, -0.2) is 0 Å². The Labute approximate surface area is 300 Å². The second kappa shape index (κ2) is 23.6. The molecule has 9 N–H and O–H groups in total. The summed E-state index contributed by atoms with van der Waals surface area (Å²) in [6, 6.07) is -4.61. The van der Waals surface area contributed by atoms with Gasteiger partial charge in [0.15, 0.2) is 0 Å². The molecule has 2 aliphatic rings. The maximum atomic E-state index is 14.5. The largest absolute Gasteiger partial charge is 0.351 e. The minimum absolute atomic E-state index is 0.128. The molecular formula is C36H69N9O5. The van der Waals surface area contributed by atoms with E-state index in [0.29, 0.717) is 51.9 Å².